The second-order valence-corrected chi connectivity index (χ2v) is 2.86. The van der Waals surface area contributed by atoms with E-state index in [2.05, 4.69) is 6.92 Å². The fourth-order valence-corrected chi connectivity index (χ4v) is 1.01. The zero-order chi connectivity index (χ0) is 9.40. The molecule has 12 heavy (non-hydrogen) atoms. The highest BCUT2D eigenvalue weighted by Gasteiger charge is 2.05. The second kappa shape index (κ2) is 7.10. The van der Waals surface area contributed by atoms with Crippen molar-refractivity contribution >= 4 is 5.97 Å². The third kappa shape index (κ3) is 6.16. The van der Waals surface area contributed by atoms with Gasteiger partial charge in [-0.15, -0.1) is 0 Å². The lowest BCUT2D eigenvalue weighted by Crippen LogP contribution is -2.11. The second-order valence-electron chi connectivity index (χ2n) is 2.86. The SMILES string of the molecule is CCC(CCOC(C)=O)COC. The van der Waals surface area contributed by atoms with Crippen molar-refractivity contribution < 1.29 is 14.3 Å². The van der Waals surface area contributed by atoms with Gasteiger partial charge in [-0.2, -0.15) is 0 Å². The Morgan fingerprint density at radius 3 is 2.58 bits per heavy atom. The quantitative estimate of drug-likeness (QED) is 0.574. The third-order valence-corrected chi connectivity index (χ3v) is 1.81. The van der Waals surface area contributed by atoms with E-state index in [1.807, 2.05) is 0 Å². The van der Waals surface area contributed by atoms with Crippen LogP contribution in [0.1, 0.15) is 26.7 Å². The summed E-state index contributed by atoms with van der Waals surface area (Å²) in [6.07, 6.45) is 1.96. The van der Waals surface area contributed by atoms with E-state index in [1.165, 1.54) is 6.92 Å². The fraction of sp³-hybridized carbons (Fsp3) is 0.889. The average molecular weight is 174 g/mol. The number of carbonyl (C=O) groups excluding carboxylic acids is 1. The van der Waals surface area contributed by atoms with Crippen LogP contribution in [0.2, 0.25) is 0 Å². The maximum absolute atomic E-state index is 10.4. The first-order chi connectivity index (χ1) is 5.70. The monoisotopic (exact) mass is 174 g/mol. The van der Waals surface area contributed by atoms with E-state index < -0.39 is 0 Å². The molecule has 3 nitrogen and oxygen atoms in total. The van der Waals surface area contributed by atoms with Gasteiger partial charge >= 0.3 is 5.97 Å². The lowest BCUT2D eigenvalue weighted by Gasteiger charge is -2.12. The maximum Gasteiger partial charge on any atom is 0.302 e. The van der Waals surface area contributed by atoms with Crippen LogP contribution in [0, 0.1) is 5.92 Å². The summed E-state index contributed by atoms with van der Waals surface area (Å²) in [6, 6.07) is 0. The molecule has 0 bridgehead atoms. The Kier molecular flexibility index (Phi) is 6.76. The van der Waals surface area contributed by atoms with Gasteiger partial charge in [0.05, 0.1) is 6.61 Å². The standard InChI is InChI=1S/C9H18O3/c1-4-9(7-11-3)5-6-12-8(2)10/h9H,4-7H2,1-3H3. The first-order valence-electron chi connectivity index (χ1n) is 4.33. The van der Waals surface area contributed by atoms with E-state index in [-0.39, 0.29) is 5.97 Å². The van der Waals surface area contributed by atoms with Crippen molar-refractivity contribution in [2.24, 2.45) is 5.92 Å². The molecule has 1 atom stereocenters. The van der Waals surface area contributed by atoms with E-state index in [0.29, 0.717) is 12.5 Å². The molecule has 0 N–H and O–H groups in total. The smallest absolute Gasteiger partial charge is 0.302 e. The number of methoxy groups -OCH3 is 1. The van der Waals surface area contributed by atoms with E-state index in [1.54, 1.807) is 7.11 Å². The molecule has 0 aliphatic heterocycles. The van der Waals surface area contributed by atoms with Crippen LogP contribution in [0.25, 0.3) is 0 Å². The molecule has 0 spiro atoms. The predicted molar refractivity (Wildman–Crippen MR) is 46.9 cm³/mol. The van der Waals surface area contributed by atoms with Gasteiger partial charge in [-0.3, -0.25) is 4.79 Å². The molecule has 0 radical (unpaired) electrons. The number of ether oxygens (including phenoxy) is 2. The summed E-state index contributed by atoms with van der Waals surface area (Å²) in [5.41, 5.74) is 0. The van der Waals surface area contributed by atoms with Crippen molar-refractivity contribution in [3.8, 4) is 0 Å². The minimum absolute atomic E-state index is 0.206. The van der Waals surface area contributed by atoms with Crippen molar-refractivity contribution in [3.63, 3.8) is 0 Å². The van der Waals surface area contributed by atoms with Gasteiger partial charge in [0.2, 0.25) is 0 Å². The molecule has 0 amide bonds. The molecule has 3 heteroatoms. The molecule has 0 aliphatic rings. The van der Waals surface area contributed by atoms with Crippen LogP contribution >= 0.6 is 0 Å². The first kappa shape index (κ1) is 11.4. The van der Waals surface area contributed by atoms with Gasteiger partial charge in [0.1, 0.15) is 0 Å². The zero-order valence-corrected chi connectivity index (χ0v) is 8.13. The number of carbonyl (C=O) groups is 1. The molecular weight excluding hydrogens is 156 g/mol. The summed E-state index contributed by atoms with van der Waals surface area (Å²) in [5.74, 6) is 0.302. The van der Waals surface area contributed by atoms with Crippen LogP contribution in [-0.4, -0.2) is 26.3 Å². The summed E-state index contributed by atoms with van der Waals surface area (Å²) in [6.45, 7) is 4.80. The number of rotatable bonds is 6. The molecule has 0 saturated carbocycles. The number of hydrogen-bond acceptors (Lipinski definition) is 3. The molecular formula is C9H18O3. The average Bonchev–Trinajstić information content (AvgIpc) is 2.02. The molecule has 0 aromatic heterocycles. The highest BCUT2D eigenvalue weighted by Crippen LogP contribution is 2.08. The third-order valence-electron chi connectivity index (χ3n) is 1.81. The van der Waals surface area contributed by atoms with Crippen molar-refractivity contribution in [2.45, 2.75) is 26.7 Å². The highest BCUT2D eigenvalue weighted by atomic mass is 16.5. The first-order valence-corrected chi connectivity index (χ1v) is 4.33. The van der Waals surface area contributed by atoms with Crippen molar-refractivity contribution in [2.75, 3.05) is 20.3 Å². The minimum Gasteiger partial charge on any atom is -0.466 e. The maximum atomic E-state index is 10.4. The van der Waals surface area contributed by atoms with Gasteiger partial charge < -0.3 is 9.47 Å². The van der Waals surface area contributed by atoms with Crippen LogP contribution in [0.5, 0.6) is 0 Å². The zero-order valence-electron chi connectivity index (χ0n) is 8.13. The molecule has 0 rings (SSSR count). The molecule has 0 saturated heterocycles. The van der Waals surface area contributed by atoms with Gasteiger partial charge in [0.25, 0.3) is 0 Å². The Bertz CT molecular complexity index is 123. The summed E-state index contributed by atoms with van der Waals surface area (Å²) in [5, 5.41) is 0. The number of hydrogen-bond donors (Lipinski definition) is 0. The van der Waals surface area contributed by atoms with E-state index in [0.717, 1.165) is 19.4 Å². The molecule has 0 aliphatic carbocycles. The summed E-state index contributed by atoms with van der Waals surface area (Å²) >= 11 is 0. The lowest BCUT2D eigenvalue weighted by atomic mass is 10.0. The van der Waals surface area contributed by atoms with Gasteiger partial charge in [0.15, 0.2) is 0 Å². The van der Waals surface area contributed by atoms with E-state index in [9.17, 15) is 4.79 Å². The Balaban J connectivity index is 3.37. The summed E-state index contributed by atoms with van der Waals surface area (Å²) < 4.78 is 9.84. The van der Waals surface area contributed by atoms with Crippen molar-refractivity contribution in [1.29, 1.82) is 0 Å². The predicted octanol–water partition coefficient (Wildman–Crippen LogP) is 1.61. The van der Waals surface area contributed by atoms with Gasteiger partial charge in [-0.25, -0.2) is 0 Å². The van der Waals surface area contributed by atoms with Crippen LogP contribution in [0.15, 0.2) is 0 Å². The summed E-state index contributed by atoms with van der Waals surface area (Å²) in [7, 11) is 1.69. The molecule has 0 heterocycles. The van der Waals surface area contributed by atoms with Crippen LogP contribution < -0.4 is 0 Å². The van der Waals surface area contributed by atoms with Crippen molar-refractivity contribution in [3.05, 3.63) is 0 Å². The summed E-state index contributed by atoms with van der Waals surface area (Å²) in [4.78, 5) is 10.4. The molecule has 0 aromatic rings. The Hall–Kier alpha value is -0.570. The largest absolute Gasteiger partial charge is 0.466 e. The van der Waals surface area contributed by atoms with E-state index in [4.69, 9.17) is 9.47 Å². The Labute approximate surface area is 74.0 Å². The van der Waals surface area contributed by atoms with Gasteiger partial charge in [0, 0.05) is 20.6 Å². The lowest BCUT2D eigenvalue weighted by molar-refractivity contribution is -0.141. The normalized spacial score (nSPS) is 12.6. The van der Waals surface area contributed by atoms with Crippen LogP contribution in [0.3, 0.4) is 0 Å². The highest BCUT2D eigenvalue weighted by molar-refractivity contribution is 5.65. The molecule has 1 unspecified atom stereocenters. The van der Waals surface area contributed by atoms with Crippen molar-refractivity contribution in [1.82, 2.24) is 0 Å². The Morgan fingerprint density at radius 2 is 2.17 bits per heavy atom. The van der Waals surface area contributed by atoms with E-state index >= 15 is 0 Å². The fourth-order valence-electron chi connectivity index (χ4n) is 1.01. The minimum atomic E-state index is -0.206. The van der Waals surface area contributed by atoms with Gasteiger partial charge in [-0.05, 0) is 12.3 Å². The molecule has 0 fully saturated rings. The van der Waals surface area contributed by atoms with Gasteiger partial charge in [-0.1, -0.05) is 13.3 Å². The van der Waals surface area contributed by atoms with Crippen LogP contribution in [-0.2, 0) is 14.3 Å². The topological polar surface area (TPSA) is 35.5 Å². The Morgan fingerprint density at radius 1 is 1.50 bits per heavy atom. The van der Waals surface area contributed by atoms with Crippen LogP contribution in [0.4, 0.5) is 0 Å². The number of esters is 1. The molecule has 0 aromatic carbocycles. The molecule has 72 valence electrons.